The molecule has 1 aliphatic rings. The Labute approximate surface area is 153 Å². The minimum Gasteiger partial charge on any atom is -0.222 e. The average Bonchev–Trinajstić information content (AvgIpc) is 2.70. The van der Waals surface area contributed by atoms with Gasteiger partial charge in [0.1, 0.15) is 6.54 Å². The van der Waals surface area contributed by atoms with Crippen LogP contribution in [0, 0.1) is 10.2 Å². The number of unbranched alkanes of at least 4 members (excludes halogenated alkanes) is 5. The molecule has 0 unspecified atom stereocenters. The molecule has 25 heavy (non-hydrogen) atoms. The summed E-state index contributed by atoms with van der Waals surface area (Å²) in [5.74, 6) is 0. The quantitative estimate of drug-likeness (QED) is 0.520. The molecule has 0 amide bonds. The highest BCUT2D eigenvalue weighted by atomic mass is 35.7. The van der Waals surface area contributed by atoms with E-state index in [1.807, 2.05) is 0 Å². The zero-order valence-electron chi connectivity index (χ0n) is 15.7. The molecule has 0 saturated heterocycles. The SMILES string of the molecule is CCCCCCCC[N+]1=C(C)C(C)(C)c2ccccc21.[O-][Cl+3]([O-])([O-])[O-]. The van der Waals surface area contributed by atoms with Crippen molar-refractivity contribution in [2.75, 3.05) is 6.54 Å². The third-order valence-corrected chi connectivity index (χ3v) is 4.91. The Morgan fingerprint density at radius 3 is 2.04 bits per heavy atom. The van der Waals surface area contributed by atoms with E-state index in [4.69, 9.17) is 18.6 Å². The van der Waals surface area contributed by atoms with E-state index in [-0.39, 0.29) is 5.41 Å². The molecule has 1 aromatic carbocycles. The number of fused-ring (bicyclic) bond motifs is 1. The Hall–Kier alpha value is -0.980. The van der Waals surface area contributed by atoms with E-state index in [0.29, 0.717) is 0 Å². The summed E-state index contributed by atoms with van der Waals surface area (Å²) in [5, 5.41) is 0. The molecule has 0 bridgehead atoms. The van der Waals surface area contributed by atoms with E-state index in [1.54, 1.807) is 0 Å². The third kappa shape index (κ3) is 7.04. The molecular weight excluding hydrogens is 342 g/mol. The van der Waals surface area contributed by atoms with Gasteiger partial charge < -0.3 is 0 Å². The number of hydrogen-bond donors (Lipinski definition) is 0. The molecule has 142 valence electrons. The van der Waals surface area contributed by atoms with Gasteiger partial charge in [0, 0.05) is 25.0 Å². The molecule has 6 heteroatoms. The molecule has 0 saturated carbocycles. The molecular formula is C19H30ClNO4. The van der Waals surface area contributed by atoms with E-state index in [2.05, 4.69) is 56.5 Å². The standard InChI is InChI=1S/C19H30N.ClHO4/c1-5-6-7-8-9-12-15-20-16(2)19(3,4)17-13-10-11-14-18(17)20;2-1(3,4)5/h10-11,13-14H,5-9,12,15H2,1-4H3;(H,2,3,4,5)/q+1;/p-1. The number of para-hydroxylation sites is 1. The van der Waals surface area contributed by atoms with Gasteiger partial charge in [0.25, 0.3) is 0 Å². The second-order valence-electron chi connectivity index (χ2n) is 7.02. The highest BCUT2D eigenvalue weighted by Gasteiger charge is 2.42. The second kappa shape index (κ2) is 9.64. The normalized spacial score (nSPS) is 15.7. The number of benzene rings is 1. The number of nitrogens with zero attached hydrogens (tertiary/aromatic N) is 1. The highest BCUT2D eigenvalue weighted by molar-refractivity contribution is 5.93. The zero-order chi connectivity index (χ0) is 19.1. The fourth-order valence-corrected chi connectivity index (χ4v) is 3.29. The largest absolute Gasteiger partial charge is 0.222 e. The van der Waals surface area contributed by atoms with Crippen molar-refractivity contribution < 1.29 is 33.5 Å². The summed E-state index contributed by atoms with van der Waals surface area (Å²) in [4.78, 5) is 0. The van der Waals surface area contributed by atoms with Crippen LogP contribution in [0.15, 0.2) is 24.3 Å². The van der Waals surface area contributed by atoms with Crippen molar-refractivity contribution in [2.24, 2.45) is 0 Å². The van der Waals surface area contributed by atoms with Gasteiger partial charge in [0.15, 0.2) is 5.71 Å². The summed E-state index contributed by atoms with van der Waals surface area (Å²) in [6.45, 7) is 10.5. The number of rotatable bonds is 7. The summed E-state index contributed by atoms with van der Waals surface area (Å²) >= 11 is 0. The molecule has 2 rings (SSSR count). The van der Waals surface area contributed by atoms with Crippen LogP contribution in [0.1, 0.15) is 71.8 Å². The van der Waals surface area contributed by atoms with E-state index in [9.17, 15) is 0 Å². The topological polar surface area (TPSA) is 95.2 Å². The molecule has 0 aromatic heterocycles. The first-order valence-corrected chi connectivity index (χ1v) is 10.1. The van der Waals surface area contributed by atoms with Crippen LogP contribution in [0.5, 0.6) is 0 Å². The average molecular weight is 372 g/mol. The van der Waals surface area contributed by atoms with Gasteiger partial charge in [-0.15, -0.1) is 10.2 Å². The van der Waals surface area contributed by atoms with Gasteiger partial charge in [0.05, 0.1) is 5.41 Å². The predicted molar refractivity (Wildman–Crippen MR) is 88.3 cm³/mol. The van der Waals surface area contributed by atoms with E-state index >= 15 is 0 Å². The van der Waals surface area contributed by atoms with Crippen LogP contribution in [-0.4, -0.2) is 16.8 Å². The van der Waals surface area contributed by atoms with Crippen molar-refractivity contribution in [2.45, 2.75) is 71.6 Å². The van der Waals surface area contributed by atoms with Crippen molar-refractivity contribution in [3.63, 3.8) is 0 Å². The summed E-state index contributed by atoms with van der Waals surface area (Å²) in [6.07, 6.45) is 8.20. The van der Waals surface area contributed by atoms with Gasteiger partial charge in [-0.2, -0.15) is 4.58 Å². The van der Waals surface area contributed by atoms with Crippen molar-refractivity contribution >= 4 is 11.4 Å². The van der Waals surface area contributed by atoms with E-state index in [0.717, 1.165) is 0 Å². The lowest BCUT2D eigenvalue weighted by Crippen LogP contribution is -2.68. The van der Waals surface area contributed by atoms with Crippen LogP contribution in [-0.2, 0) is 5.41 Å². The second-order valence-corrected chi connectivity index (χ2v) is 7.78. The molecule has 0 fully saturated rings. The predicted octanol–water partition coefficient (Wildman–Crippen LogP) is 0.687. The van der Waals surface area contributed by atoms with Gasteiger partial charge in [-0.05, 0) is 20.3 Å². The van der Waals surface area contributed by atoms with Crippen LogP contribution >= 0.6 is 0 Å². The summed E-state index contributed by atoms with van der Waals surface area (Å²) in [5.41, 5.74) is 4.62. The molecule has 0 atom stereocenters. The monoisotopic (exact) mass is 371 g/mol. The smallest absolute Gasteiger partial charge is 0.209 e. The molecule has 1 aromatic rings. The summed E-state index contributed by atoms with van der Waals surface area (Å²) < 4.78 is 36.5. The van der Waals surface area contributed by atoms with Crippen LogP contribution in [0.25, 0.3) is 0 Å². The summed E-state index contributed by atoms with van der Waals surface area (Å²) in [7, 11) is -4.94. The minimum atomic E-state index is -4.94. The Bertz CT molecular complexity index is 573. The number of hydrogen-bond acceptors (Lipinski definition) is 4. The third-order valence-electron chi connectivity index (χ3n) is 4.91. The van der Waals surface area contributed by atoms with Crippen LogP contribution in [0.3, 0.4) is 0 Å². The lowest BCUT2D eigenvalue weighted by molar-refractivity contribution is -2.00. The van der Waals surface area contributed by atoms with Crippen molar-refractivity contribution in [3.05, 3.63) is 29.8 Å². The van der Waals surface area contributed by atoms with Gasteiger partial charge in [-0.1, -0.05) is 50.8 Å². The minimum absolute atomic E-state index is 0.193. The Morgan fingerprint density at radius 1 is 0.920 bits per heavy atom. The van der Waals surface area contributed by atoms with Gasteiger partial charge in [-0.3, -0.25) is 0 Å². The van der Waals surface area contributed by atoms with Crippen LogP contribution in [0.4, 0.5) is 5.69 Å². The maximum atomic E-state index is 8.49. The van der Waals surface area contributed by atoms with Crippen LogP contribution in [0.2, 0.25) is 0 Å². The molecule has 1 heterocycles. The first-order chi connectivity index (χ1) is 11.6. The van der Waals surface area contributed by atoms with Crippen molar-refractivity contribution in [1.29, 1.82) is 0 Å². The van der Waals surface area contributed by atoms with Crippen molar-refractivity contribution in [1.82, 2.24) is 0 Å². The molecule has 1 aliphatic heterocycles. The first kappa shape index (κ1) is 22.1. The maximum Gasteiger partial charge on any atom is 0.209 e. The maximum absolute atomic E-state index is 8.49. The first-order valence-electron chi connectivity index (χ1n) is 8.92. The fraction of sp³-hybridized carbons (Fsp3) is 0.632. The zero-order valence-corrected chi connectivity index (χ0v) is 16.5. The molecule has 0 radical (unpaired) electrons. The van der Waals surface area contributed by atoms with Gasteiger partial charge >= 0.3 is 0 Å². The van der Waals surface area contributed by atoms with E-state index < -0.39 is 10.2 Å². The van der Waals surface area contributed by atoms with Gasteiger partial charge in [0.2, 0.25) is 5.69 Å². The number of halogens is 1. The van der Waals surface area contributed by atoms with Gasteiger partial charge in [-0.25, -0.2) is 18.6 Å². The molecule has 5 nitrogen and oxygen atoms in total. The summed E-state index contributed by atoms with van der Waals surface area (Å²) in [6, 6.07) is 8.91. The van der Waals surface area contributed by atoms with Crippen LogP contribution < -0.4 is 18.6 Å². The molecule has 0 aliphatic carbocycles. The molecule has 0 spiro atoms. The Kier molecular flexibility index (Phi) is 8.51. The lowest BCUT2D eigenvalue weighted by Gasteiger charge is -2.17. The molecule has 0 N–H and O–H groups in total. The lowest BCUT2D eigenvalue weighted by atomic mass is 9.82. The highest BCUT2D eigenvalue weighted by Crippen LogP contribution is 2.39. The Balaban J connectivity index is 0.000000550. The van der Waals surface area contributed by atoms with E-state index in [1.165, 1.54) is 62.0 Å². The Morgan fingerprint density at radius 2 is 1.44 bits per heavy atom. The fourth-order valence-electron chi connectivity index (χ4n) is 3.29. The van der Waals surface area contributed by atoms with Crippen molar-refractivity contribution in [3.8, 4) is 0 Å².